The molecule has 0 aliphatic rings. The standard InChI is InChI=1S/C2H6O.3ClH.Fe/c1-2-3;;;;/h3H,2H2,1H3;3*1H;/q;;;;+3/p-3. The Kier molecular flexibility index (Phi) is 16.5. The van der Waals surface area contributed by atoms with E-state index < -0.39 is 11.2 Å². The summed E-state index contributed by atoms with van der Waals surface area (Å²) in [5.41, 5.74) is 0. The first-order chi connectivity index (χ1) is 3.15. The van der Waals surface area contributed by atoms with Gasteiger partial charge in [-0.2, -0.15) is 0 Å². The van der Waals surface area contributed by atoms with Crippen LogP contribution in [0.5, 0.6) is 0 Å². The molecule has 0 fully saturated rings. The van der Waals surface area contributed by atoms with Crippen molar-refractivity contribution in [3.8, 4) is 0 Å². The van der Waals surface area contributed by atoms with Gasteiger partial charge < -0.3 is 5.11 Å². The van der Waals surface area contributed by atoms with Crippen LogP contribution in [0.15, 0.2) is 0 Å². The van der Waals surface area contributed by atoms with Crippen molar-refractivity contribution in [3.05, 3.63) is 0 Å². The summed E-state index contributed by atoms with van der Waals surface area (Å²) in [5, 5.41) is 7.57. The fourth-order valence-electron chi connectivity index (χ4n) is 0. The molecular weight excluding hydrogens is 202 g/mol. The van der Waals surface area contributed by atoms with E-state index in [1.54, 1.807) is 6.92 Å². The summed E-state index contributed by atoms with van der Waals surface area (Å²) in [6.07, 6.45) is 0. The van der Waals surface area contributed by atoms with Gasteiger partial charge in [0.15, 0.2) is 0 Å². The molecular formula is C2H6Cl3FeO. The maximum absolute atomic E-state index is 7.57. The molecule has 0 aliphatic heterocycles. The van der Waals surface area contributed by atoms with Crippen molar-refractivity contribution in [1.82, 2.24) is 0 Å². The number of hydrogen-bond donors (Lipinski definition) is 1. The zero-order valence-electron chi connectivity index (χ0n) is 3.64. The number of aliphatic hydroxyl groups is 1. The minimum atomic E-state index is -1.33. The Labute approximate surface area is 60.1 Å². The molecule has 1 N–H and O–H groups in total. The van der Waals surface area contributed by atoms with Gasteiger partial charge in [0.2, 0.25) is 0 Å². The van der Waals surface area contributed by atoms with Crippen LogP contribution in [0.1, 0.15) is 6.92 Å². The molecule has 49 valence electrons. The summed E-state index contributed by atoms with van der Waals surface area (Å²) in [6.45, 7) is 1.93. The number of rotatable bonds is 0. The first-order valence-corrected chi connectivity index (χ1v) is 5.98. The SMILES string of the molecule is CCO.[Cl][Fe]([Cl])[Cl]. The maximum atomic E-state index is 7.57. The van der Waals surface area contributed by atoms with Crippen molar-refractivity contribution in [3.63, 3.8) is 0 Å². The van der Waals surface area contributed by atoms with E-state index in [2.05, 4.69) is 0 Å². The van der Waals surface area contributed by atoms with Crippen molar-refractivity contribution in [2.45, 2.75) is 6.92 Å². The van der Waals surface area contributed by atoms with Gasteiger partial charge in [0.1, 0.15) is 0 Å². The molecule has 0 aromatic rings. The third-order valence-corrected chi connectivity index (χ3v) is 0. The Morgan fingerprint density at radius 1 is 1.43 bits per heavy atom. The van der Waals surface area contributed by atoms with Gasteiger partial charge in [-0.25, -0.2) is 0 Å². The summed E-state index contributed by atoms with van der Waals surface area (Å²) in [7, 11) is 14.7. The Morgan fingerprint density at radius 2 is 1.43 bits per heavy atom. The van der Waals surface area contributed by atoms with E-state index in [9.17, 15) is 0 Å². The van der Waals surface area contributed by atoms with Crippen LogP contribution in [0.3, 0.4) is 0 Å². The van der Waals surface area contributed by atoms with Crippen molar-refractivity contribution < 1.29 is 16.3 Å². The summed E-state index contributed by atoms with van der Waals surface area (Å²) < 4.78 is 0. The number of aliphatic hydroxyl groups excluding tert-OH is 1. The topological polar surface area (TPSA) is 20.2 Å². The van der Waals surface area contributed by atoms with Crippen molar-refractivity contribution >= 4 is 30.3 Å². The van der Waals surface area contributed by atoms with Crippen LogP contribution >= 0.6 is 30.3 Å². The summed E-state index contributed by atoms with van der Waals surface area (Å²) >= 11 is -1.33. The predicted octanol–water partition coefficient (Wildman–Crippen LogP) is 2.06. The number of halogens is 3. The molecule has 0 saturated heterocycles. The molecule has 0 spiro atoms. The first-order valence-electron chi connectivity index (χ1n) is 1.42. The van der Waals surface area contributed by atoms with Gasteiger partial charge in [-0.3, -0.25) is 0 Å². The average molecular weight is 208 g/mol. The second-order valence-corrected chi connectivity index (χ2v) is 5.94. The van der Waals surface area contributed by atoms with Gasteiger partial charge in [-0.1, -0.05) is 0 Å². The quantitative estimate of drug-likeness (QED) is 0.604. The molecule has 0 saturated carbocycles. The van der Waals surface area contributed by atoms with Crippen molar-refractivity contribution in [2.24, 2.45) is 0 Å². The Morgan fingerprint density at radius 3 is 1.43 bits per heavy atom. The van der Waals surface area contributed by atoms with Gasteiger partial charge in [-0.15, -0.1) is 0 Å². The van der Waals surface area contributed by atoms with Crippen molar-refractivity contribution in [1.29, 1.82) is 0 Å². The first kappa shape index (κ1) is 11.2. The third kappa shape index (κ3) is 115. The molecule has 0 aromatic carbocycles. The summed E-state index contributed by atoms with van der Waals surface area (Å²) in [6, 6.07) is 0. The second-order valence-electron chi connectivity index (χ2n) is 0.468. The number of hydrogen-bond acceptors (Lipinski definition) is 1. The van der Waals surface area contributed by atoms with E-state index >= 15 is 0 Å². The third-order valence-electron chi connectivity index (χ3n) is 0. The molecule has 0 aliphatic carbocycles. The van der Waals surface area contributed by atoms with Gasteiger partial charge in [0, 0.05) is 6.61 Å². The van der Waals surface area contributed by atoms with Crippen LogP contribution in [0.4, 0.5) is 0 Å². The monoisotopic (exact) mass is 207 g/mol. The Hall–Kier alpha value is 1.35. The molecule has 1 nitrogen and oxygen atoms in total. The van der Waals surface area contributed by atoms with E-state index in [0.29, 0.717) is 0 Å². The molecule has 0 atom stereocenters. The normalized spacial score (nSPS) is 9.00. The summed E-state index contributed by atoms with van der Waals surface area (Å²) in [5.74, 6) is 0. The Bertz CT molecular complexity index is 24.1. The molecule has 0 unspecified atom stereocenters. The average Bonchev–Trinajstić information content (AvgIpc) is 1.33. The van der Waals surface area contributed by atoms with Crippen LogP contribution in [-0.2, 0) is 11.2 Å². The van der Waals surface area contributed by atoms with E-state index in [4.69, 9.17) is 35.4 Å². The van der Waals surface area contributed by atoms with E-state index in [1.807, 2.05) is 0 Å². The van der Waals surface area contributed by atoms with Crippen LogP contribution in [0.25, 0.3) is 0 Å². The van der Waals surface area contributed by atoms with Gasteiger partial charge >= 0.3 is 41.5 Å². The predicted molar refractivity (Wildman–Crippen MR) is 30.3 cm³/mol. The van der Waals surface area contributed by atoms with E-state index in [0.717, 1.165) is 0 Å². The van der Waals surface area contributed by atoms with Gasteiger partial charge in [-0.05, 0) is 6.92 Å². The van der Waals surface area contributed by atoms with Gasteiger partial charge in [0.25, 0.3) is 0 Å². The fourth-order valence-corrected chi connectivity index (χ4v) is 0. The Balaban J connectivity index is 0. The molecule has 5 heteroatoms. The second kappa shape index (κ2) is 10.4. The molecule has 0 rings (SSSR count). The zero-order chi connectivity index (χ0) is 6.28. The van der Waals surface area contributed by atoms with E-state index in [-0.39, 0.29) is 6.61 Å². The van der Waals surface area contributed by atoms with Crippen LogP contribution < -0.4 is 0 Å². The van der Waals surface area contributed by atoms with Crippen LogP contribution in [0.2, 0.25) is 0 Å². The van der Waals surface area contributed by atoms with Crippen LogP contribution in [0, 0.1) is 0 Å². The van der Waals surface area contributed by atoms with Crippen LogP contribution in [-0.4, -0.2) is 11.7 Å². The molecule has 0 heterocycles. The fraction of sp³-hybridized carbons (Fsp3) is 1.00. The molecule has 7 heavy (non-hydrogen) atoms. The zero-order valence-corrected chi connectivity index (χ0v) is 7.01. The summed E-state index contributed by atoms with van der Waals surface area (Å²) in [4.78, 5) is 0. The molecule has 0 radical (unpaired) electrons. The van der Waals surface area contributed by atoms with E-state index in [1.165, 1.54) is 0 Å². The van der Waals surface area contributed by atoms with Gasteiger partial charge in [0.05, 0.1) is 0 Å². The minimum absolute atomic E-state index is 0.250. The molecule has 0 aromatic heterocycles. The van der Waals surface area contributed by atoms with Crippen molar-refractivity contribution in [2.75, 3.05) is 6.61 Å². The molecule has 0 amide bonds. The molecule has 0 bridgehead atoms.